The van der Waals surface area contributed by atoms with Gasteiger partial charge < -0.3 is 5.11 Å². The van der Waals surface area contributed by atoms with Crippen molar-refractivity contribution < 1.29 is 14.7 Å². The van der Waals surface area contributed by atoms with Gasteiger partial charge in [-0.3, -0.25) is 9.59 Å². The van der Waals surface area contributed by atoms with E-state index in [1.54, 1.807) is 6.92 Å². The number of carbonyl (C=O) groups excluding carboxylic acids is 1. The molecule has 0 aromatic heterocycles. The van der Waals surface area contributed by atoms with Gasteiger partial charge in [0.05, 0.1) is 5.92 Å². The minimum absolute atomic E-state index is 0.0511. The first-order valence-corrected chi connectivity index (χ1v) is 3.86. The molecule has 0 saturated heterocycles. The third-order valence-electron chi connectivity index (χ3n) is 2.28. The molecule has 0 aliphatic heterocycles. The molecule has 0 bridgehead atoms. The summed E-state index contributed by atoms with van der Waals surface area (Å²) >= 11 is 0. The molecule has 1 rings (SSSR count). The largest absolute Gasteiger partial charge is 0.481 e. The van der Waals surface area contributed by atoms with Crippen LogP contribution in [0.15, 0.2) is 0 Å². The highest BCUT2D eigenvalue weighted by molar-refractivity contribution is 5.83. The number of aliphatic carboxylic acids is 1. The number of carbonyl (C=O) groups is 2. The molecule has 1 N–H and O–H groups in total. The Hall–Kier alpha value is -0.860. The first kappa shape index (κ1) is 8.24. The van der Waals surface area contributed by atoms with E-state index in [1.807, 2.05) is 0 Å². The maximum Gasteiger partial charge on any atom is 0.306 e. The average Bonchev–Trinajstić information content (AvgIpc) is 1.94. The van der Waals surface area contributed by atoms with Gasteiger partial charge in [-0.25, -0.2) is 0 Å². The van der Waals surface area contributed by atoms with E-state index in [-0.39, 0.29) is 17.6 Å². The van der Waals surface area contributed by atoms with E-state index in [0.29, 0.717) is 19.3 Å². The van der Waals surface area contributed by atoms with Crippen molar-refractivity contribution >= 4 is 11.8 Å². The summed E-state index contributed by atoms with van der Waals surface area (Å²) in [5.74, 6) is -0.889. The van der Waals surface area contributed by atoms with Crippen LogP contribution in [0.5, 0.6) is 0 Å². The fraction of sp³-hybridized carbons (Fsp3) is 0.750. The van der Waals surface area contributed by atoms with Gasteiger partial charge in [0.25, 0.3) is 0 Å². The Kier molecular flexibility index (Phi) is 2.27. The summed E-state index contributed by atoms with van der Waals surface area (Å²) in [6, 6.07) is 0. The summed E-state index contributed by atoms with van der Waals surface area (Å²) < 4.78 is 0. The van der Waals surface area contributed by atoms with Gasteiger partial charge in [-0.1, -0.05) is 6.92 Å². The molecule has 1 fully saturated rings. The molecule has 0 radical (unpaired) electrons. The Bertz CT molecular complexity index is 186. The molecule has 1 aliphatic rings. The predicted molar refractivity (Wildman–Crippen MR) is 39.1 cm³/mol. The van der Waals surface area contributed by atoms with Crippen molar-refractivity contribution in [1.82, 2.24) is 0 Å². The van der Waals surface area contributed by atoms with Crippen LogP contribution in [0.3, 0.4) is 0 Å². The maximum absolute atomic E-state index is 11.0. The molecule has 0 spiro atoms. The lowest BCUT2D eigenvalue weighted by molar-refractivity contribution is -0.144. The highest BCUT2D eigenvalue weighted by Crippen LogP contribution is 2.25. The molecule has 11 heavy (non-hydrogen) atoms. The molecule has 1 saturated carbocycles. The third-order valence-corrected chi connectivity index (χ3v) is 2.28. The van der Waals surface area contributed by atoms with E-state index < -0.39 is 5.97 Å². The zero-order valence-electron chi connectivity index (χ0n) is 6.54. The number of carboxylic acids is 1. The van der Waals surface area contributed by atoms with E-state index in [4.69, 9.17) is 5.11 Å². The summed E-state index contributed by atoms with van der Waals surface area (Å²) in [6.07, 6.45) is 1.49. The second-order valence-electron chi connectivity index (χ2n) is 3.18. The minimum atomic E-state index is -0.760. The molecule has 0 amide bonds. The van der Waals surface area contributed by atoms with Crippen LogP contribution in [-0.2, 0) is 9.59 Å². The monoisotopic (exact) mass is 156 g/mol. The fourth-order valence-corrected chi connectivity index (χ4v) is 1.46. The Labute approximate surface area is 65.4 Å². The summed E-state index contributed by atoms with van der Waals surface area (Å²) in [5.41, 5.74) is 0. The van der Waals surface area contributed by atoms with E-state index >= 15 is 0 Å². The minimum Gasteiger partial charge on any atom is -0.481 e. The normalized spacial score (nSPS) is 31.9. The van der Waals surface area contributed by atoms with Crippen molar-refractivity contribution in [2.75, 3.05) is 0 Å². The van der Waals surface area contributed by atoms with Crippen molar-refractivity contribution in [3.05, 3.63) is 0 Å². The van der Waals surface area contributed by atoms with Gasteiger partial charge in [-0.2, -0.15) is 0 Å². The van der Waals surface area contributed by atoms with Gasteiger partial charge in [0, 0.05) is 12.3 Å². The number of hydrogen-bond acceptors (Lipinski definition) is 2. The van der Waals surface area contributed by atoms with Crippen LogP contribution in [0.4, 0.5) is 0 Å². The fourth-order valence-electron chi connectivity index (χ4n) is 1.46. The van der Waals surface area contributed by atoms with E-state index in [0.717, 1.165) is 0 Å². The Balaban J connectivity index is 2.52. The first-order chi connectivity index (χ1) is 5.11. The van der Waals surface area contributed by atoms with E-state index in [9.17, 15) is 9.59 Å². The van der Waals surface area contributed by atoms with Crippen molar-refractivity contribution in [2.45, 2.75) is 26.2 Å². The molecule has 1 aliphatic carbocycles. The Morgan fingerprint density at radius 3 is 2.73 bits per heavy atom. The molecule has 0 unspecified atom stereocenters. The summed E-state index contributed by atoms with van der Waals surface area (Å²) in [4.78, 5) is 21.5. The highest BCUT2D eigenvalue weighted by atomic mass is 16.4. The topological polar surface area (TPSA) is 54.4 Å². The number of Topliss-reactive ketones (excluding diaryl/α,β-unsaturated/α-hetero) is 1. The molecule has 0 aromatic carbocycles. The average molecular weight is 156 g/mol. The van der Waals surface area contributed by atoms with Gasteiger partial charge in [0.1, 0.15) is 5.78 Å². The van der Waals surface area contributed by atoms with Gasteiger partial charge in [-0.05, 0) is 12.8 Å². The van der Waals surface area contributed by atoms with Crippen LogP contribution in [0.2, 0.25) is 0 Å². The van der Waals surface area contributed by atoms with Crippen molar-refractivity contribution in [2.24, 2.45) is 11.8 Å². The summed E-state index contributed by atoms with van der Waals surface area (Å²) in [6.45, 7) is 1.80. The summed E-state index contributed by atoms with van der Waals surface area (Å²) in [7, 11) is 0. The lowest BCUT2D eigenvalue weighted by Crippen LogP contribution is -2.27. The molecule has 62 valence electrons. The van der Waals surface area contributed by atoms with Crippen LogP contribution >= 0.6 is 0 Å². The standard InChI is InChI=1S/C8H12O3/c1-5-4-6(8(10)11)2-3-7(5)9/h5-6H,2-4H2,1H3,(H,10,11)/t5-,6+/m0/s1. The molecule has 0 aromatic rings. The Morgan fingerprint density at radius 2 is 2.27 bits per heavy atom. The lowest BCUT2D eigenvalue weighted by Gasteiger charge is -2.21. The molecular weight excluding hydrogens is 144 g/mol. The van der Waals surface area contributed by atoms with E-state index in [1.165, 1.54) is 0 Å². The SMILES string of the molecule is C[C@H]1C[C@H](C(=O)O)CCC1=O. The highest BCUT2D eigenvalue weighted by Gasteiger charge is 2.29. The number of ketones is 1. The van der Waals surface area contributed by atoms with Crippen LogP contribution in [0.1, 0.15) is 26.2 Å². The quantitative estimate of drug-likeness (QED) is 0.618. The molecule has 0 heterocycles. The van der Waals surface area contributed by atoms with Gasteiger partial charge in [0.15, 0.2) is 0 Å². The second-order valence-corrected chi connectivity index (χ2v) is 3.18. The zero-order valence-corrected chi connectivity index (χ0v) is 6.54. The smallest absolute Gasteiger partial charge is 0.306 e. The van der Waals surface area contributed by atoms with Crippen molar-refractivity contribution in [3.8, 4) is 0 Å². The van der Waals surface area contributed by atoms with Gasteiger partial charge in [0.2, 0.25) is 0 Å². The Morgan fingerprint density at radius 1 is 1.64 bits per heavy atom. The van der Waals surface area contributed by atoms with Crippen molar-refractivity contribution in [3.63, 3.8) is 0 Å². The number of rotatable bonds is 1. The third kappa shape index (κ3) is 1.79. The number of carboxylic acid groups (broad SMARTS) is 1. The molecule has 2 atom stereocenters. The molecule has 3 heteroatoms. The van der Waals surface area contributed by atoms with Crippen LogP contribution in [0, 0.1) is 11.8 Å². The van der Waals surface area contributed by atoms with Gasteiger partial charge >= 0.3 is 5.97 Å². The van der Waals surface area contributed by atoms with E-state index in [2.05, 4.69) is 0 Å². The summed E-state index contributed by atoms with van der Waals surface area (Å²) in [5, 5.41) is 8.63. The number of hydrogen-bond donors (Lipinski definition) is 1. The molecule has 3 nitrogen and oxygen atoms in total. The van der Waals surface area contributed by atoms with Crippen molar-refractivity contribution in [1.29, 1.82) is 0 Å². The van der Waals surface area contributed by atoms with Crippen LogP contribution < -0.4 is 0 Å². The maximum atomic E-state index is 11.0. The molecular formula is C8H12O3. The van der Waals surface area contributed by atoms with Crippen LogP contribution in [-0.4, -0.2) is 16.9 Å². The lowest BCUT2D eigenvalue weighted by atomic mass is 9.82. The predicted octanol–water partition coefficient (Wildman–Crippen LogP) is 1.08. The first-order valence-electron chi connectivity index (χ1n) is 3.86. The zero-order chi connectivity index (χ0) is 8.43. The second kappa shape index (κ2) is 3.03. The van der Waals surface area contributed by atoms with Crippen LogP contribution in [0.25, 0.3) is 0 Å². The van der Waals surface area contributed by atoms with Gasteiger partial charge in [-0.15, -0.1) is 0 Å².